The Bertz CT molecular complexity index is 1230. The van der Waals surface area contributed by atoms with E-state index in [9.17, 15) is 14.4 Å². The summed E-state index contributed by atoms with van der Waals surface area (Å²) in [6, 6.07) is 18.3. The van der Waals surface area contributed by atoms with E-state index in [1.807, 2.05) is 60.7 Å². The molecule has 0 radical (unpaired) electrons. The zero-order chi connectivity index (χ0) is 26.2. The Labute approximate surface area is 216 Å². The number of hydrogen-bond donors (Lipinski definition) is 4. The molecule has 3 aromatic rings. The second kappa shape index (κ2) is 12.4. The van der Waals surface area contributed by atoms with Crippen LogP contribution in [0.2, 0.25) is 0 Å². The number of pyridine rings is 1. The van der Waals surface area contributed by atoms with Crippen LogP contribution < -0.4 is 21.7 Å². The van der Waals surface area contributed by atoms with Gasteiger partial charge in [-0.15, -0.1) is 0 Å². The van der Waals surface area contributed by atoms with Gasteiger partial charge >= 0.3 is 0 Å². The minimum absolute atomic E-state index is 0.0753. The second-order valence-corrected chi connectivity index (χ2v) is 9.47. The van der Waals surface area contributed by atoms with Crippen molar-refractivity contribution < 1.29 is 14.4 Å². The molecule has 4 rings (SSSR count). The number of hydrogen-bond acceptors (Lipinski definition) is 6. The van der Waals surface area contributed by atoms with Crippen molar-refractivity contribution in [2.24, 2.45) is 5.73 Å². The number of benzene rings is 2. The molecule has 194 valence electrons. The van der Waals surface area contributed by atoms with Crippen molar-refractivity contribution >= 4 is 34.3 Å². The largest absolute Gasteiger partial charge is 0.351 e. The fraction of sp³-hybridized carbons (Fsp3) is 0.357. The monoisotopic (exact) mass is 502 g/mol. The molecule has 5 N–H and O–H groups in total. The first kappa shape index (κ1) is 26.2. The molecule has 37 heavy (non-hydrogen) atoms. The first-order chi connectivity index (χ1) is 17.9. The molecule has 2 aromatic carbocycles. The summed E-state index contributed by atoms with van der Waals surface area (Å²) < 4.78 is 0. The first-order valence-corrected chi connectivity index (χ1v) is 12.7. The van der Waals surface area contributed by atoms with Crippen molar-refractivity contribution in [1.82, 2.24) is 20.5 Å². The standard InChI is InChI=1S/C28H34N6O3/c1-19(29)27(36)33-23-16-25(31-18-23)28(37)34(13-11-20-7-3-2-4-8-20)14-12-26(35)32-22-15-21-9-5-6-10-24(21)30-17-22/h2-10,15,17,19,23,25,31H,11-14,16,18,29H2,1H3,(H,32,35)(H,33,36). The maximum absolute atomic E-state index is 13.4. The van der Waals surface area contributed by atoms with Crippen LogP contribution in [-0.2, 0) is 20.8 Å². The molecule has 9 nitrogen and oxygen atoms in total. The Balaban J connectivity index is 1.37. The first-order valence-electron chi connectivity index (χ1n) is 12.7. The van der Waals surface area contributed by atoms with Crippen molar-refractivity contribution in [2.45, 2.75) is 44.3 Å². The number of amides is 3. The van der Waals surface area contributed by atoms with Crippen LogP contribution in [0.25, 0.3) is 10.9 Å². The minimum atomic E-state index is -0.603. The molecule has 1 fully saturated rings. The van der Waals surface area contributed by atoms with Gasteiger partial charge in [0.15, 0.2) is 0 Å². The van der Waals surface area contributed by atoms with Crippen molar-refractivity contribution in [3.63, 3.8) is 0 Å². The maximum atomic E-state index is 13.4. The number of para-hydroxylation sites is 1. The molecular formula is C28H34N6O3. The van der Waals surface area contributed by atoms with Crippen LogP contribution >= 0.6 is 0 Å². The molecule has 0 aliphatic carbocycles. The molecule has 1 aromatic heterocycles. The molecular weight excluding hydrogens is 468 g/mol. The third kappa shape index (κ3) is 7.34. The lowest BCUT2D eigenvalue weighted by molar-refractivity contribution is -0.133. The molecule has 3 unspecified atom stereocenters. The summed E-state index contributed by atoms with van der Waals surface area (Å²) in [7, 11) is 0. The fourth-order valence-electron chi connectivity index (χ4n) is 4.43. The molecule has 0 spiro atoms. The van der Waals surface area contributed by atoms with Crippen molar-refractivity contribution in [3.8, 4) is 0 Å². The van der Waals surface area contributed by atoms with E-state index in [1.54, 1.807) is 18.0 Å². The second-order valence-electron chi connectivity index (χ2n) is 9.47. The van der Waals surface area contributed by atoms with Gasteiger partial charge in [0.1, 0.15) is 0 Å². The number of carbonyl (C=O) groups excluding carboxylic acids is 3. The number of carbonyl (C=O) groups is 3. The molecule has 9 heteroatoms. The van der Waals surface area contributed by atoms with Crippen molar-refractivity contribution in [2.75, 3.05) is 25.0 Å². The van der Waals surface area contributed by atoms with Gasteiger partial charge in [-0.2, -0.15) is 0 Å². The van der Waals surface area contributed by atoms with Gasteiger partial charge in [0.2, 0.25) is 17.7 Å². The van der Waals surface area contributed by atoms with E-state index in [-0.39, 0.29) is 36.7 Å². The molecule has 0 bridgehead atoms. The third-order valence-corrected chi connectivity index (χ3v) is 6.50. The SMILES string of the molecule is CC(N)C(=O)NC1CNC(C(=O)N(CCC(=O)Nc2cnc3ccccc3c2)CCc2ccccc2)C1. The molecule has 3 atom stereocenters. The number of fused-ring (bicyclic) bond motifs is 1. The van der Waals surface area contributed by atoms with Crippen LogP contribution in [0, 0.1) is 0 Å². The number of nitrogens with one attached hydrogen (secondary N) is 3. The van der Waals surface area contributed by atoms with E-state index in [2.05, 4.69) is 20.9 Å². The van der Waals surface area contributed by atoms with Crippen molar-refractivity contribution in [1.29, 1.82) is 0 Å². The highest BCUT2D eigenvalue weighted by Gasteiger charge is 2.33. The Kier molecular flexibility index (Phi) is 8.81. The quantitative estimate of drug-likeness (QED) is 0.335. The van der Waals surface area contributed by atoms with Crippen LogP contribution in [-0.4, -0.2) is 65.4 Å². The molecule has 0 saturated carbocycles. The van der Waals surface area contributed by atoms with Gasteiger partial charge in [0.05, 0.1) is 29.5 Å². The highest BCUT2D eigenvalue weighted by Crippen LogP contribution is 2.17. The van der Waals surface area contributed by atoms with E-state index >= 15 is 0 Å². The Morgan fingerprint density at radius 2 is 1.86 bits per heavy atom. The summed E-state index contributed by atoms with van der Waals surface area (Å²) in [5, 5.41) is 9.94. The van der Waals surface area contributed by atoms with Crippen LogP contribution in [0.15, 0.2) is 66.9 Å². The predicted octanol–water partition coefficient (Wildman–Crippen LogP) is 1.83. The average Bonchev–Trinajstić information content (AvgIpc) is 3.37. The molecule has 3 amide bonds. The van der Waals surface area contributed by atoms with E-state index in [0.717, 1.165) is 16.5 Å². The molecule has 2 heterocycles. The molecule has 1 aliphatic heterocycles. The Morgan fingerprint density at radius 1 is 1.11 bits per heavy atom. The summed E-state index contributed by atoms with van der Waals surface area (Å²) in [6.45, 7) is 2.90. The average molecular weight is 503 g/mol. The highest BCUT2D eigenvalue weighted by molar-refractivity contribution is 5.93. The fourth-order valence-corrected chi connectivity index (χ4v) is 4.43. The minimum Gasteiger partial charge on any atom is -0.351 e. The van der Waals surface area contributed by atoms with Gasteiger partial charge in [0.25, 0.3) is 0 Å². The highest BCUT2D eigenvalue weighted by atomic mass is 16.2. The van der Waals surface area contributed by atoms with E-state index < -0.39 is 12.1 Å². The number of rotatable bonds is 10. The summed E-state index contributed by atoms with van der Waals surface area (Å²) in [4.78, 5) is 44.3. The van der Waals surface area contributed by atoms with Crippen molar-refractivity contribution in [3.05, 3.63) is 72.4 Å². The summed E-state index contributed by atoms with van der Waals surface area (Å²) in [5.74, 6) is -0.495. The van der Waals surface area contributed by atoms with Crippen LogP contribution in [0.4, 0.5) is 5.69 Å². The number of nitrogens with two attached hydrogens (primary N) is 1. The van der Waals surface area contributed by atoms with Gasteiger partial charge in [-0.3, -0.25) is 19.4 Å². The van der Waals surface area contributed by atoms with Gasteiger partial charge in [-0.25, -0.2) is 0 Å². The maximum Gasteiger partial charge on any atom is 0.239 e. The summed E-state index contributed by atoms with van der Waals surface area (Å²) >= 11 is 0. The number of anilines is 1. The lowest BCUT2D eigenvalue weighted by Gasteiger charge is -2.26. The zero-order valence-electron chi connectivity index (χ0n) is 21.0. The molecule has 1 saturated heterocycles. The number of aromatic nitrogens is 1. The van der Waals surface area contributed by atoms with E-state index in [1.165, 1.54) is 0 Å². The van der Waals surface area contributed by atoms with Gasteiger partial charge in [-0.05, 0) is 37.5 Å². The van der Waals surface area contributed by atoms with Crippen LogP contribution in [0.5, 0.6) is 0 Å². The third-order valence-electron chi connectivity index (χ3n) is 6.50. The van der Waals surface area contributed by atoms with Crippen LogP contribution in [0.1, 0.15) is 25.3 Å². The lowest BCUT2D eigenvalue weighted by Crippen LogP contribution is -2.45. The number of nitrogens with zero attached hydrogens (tertiary/aromatic N) is 2. The molecule has 1 aliphatic rings. The van der Waals surface area contributed by atoms with Gasteiger partial charge in [-0.1, -0.05) is 48.5 Å². The Morgan fingerprint density at radius 3 is 2.65 bits per heavy atom. The van der Waals surface area contributed by atoms with E-state index in [0.29, 0.717) is 31.6 Å². The Hall–Kier alpha value is -3.82. The normalized spacial score (nSPS) is 17.8. The zero-order valence-corrected chi connectivity index (χ0v) is 21.0. The summed E-state index contributed by atoms with van der Waals surface area (Å²) in [5.41, 5.74) is 8.25. The lowest BCUT2D eigenvalue weighted by atomic mass is 10.1. The van der Waals surface area contributed by atoms with Crippen LogP contribution in [0.3, 0.4) is 0 Å². The van der Waals surface area contributed by atoms with Gasteiger partial charge < -0.3 is 26.6 Å². The van der Waals surface area contributed by atoms with Gasteiger partial charge in [0, 0.05) is 37.5 Å². The topological polar surface area (TPSA) is 129 Å². The summed E-state index contributed by atoms with van der Waals surface area (Å²) in [6.07, 6.45) is 2.96. The van der Waals surface area contributed by atoms with E-state index in [4.69, 9.17) is 5.73 Å². The smallest absolute Gasteiger partial charge is 0.239 e. The predicted molar refractivity (Wildman–Crippen MR) is 144 cm³/mol.